The van der Waals surface area contributed by atoms with E-state index in [0.29, 0.717) is 19.8 Å². The van der Waals surface area contributed by atoms with Gasteiger partial charge in [0.15, 0.2) is 11.6 Å². The Morgan fingerprint density at radius 1 is 1.26 bits per heavy atom. The van der Waals surface area contributed by atoms with Crippen LogP contribution in [0.25, 0.3) is 0 Å². The number of hydrogen-bond acceptors (Lipinski definition) is 4. The van der Waals surface area contributed by atoms with Gasteiger partial charge in [0.25, 0.3) is 0 Å². The standard InChI is InChI=1S/C20H24F2N4O/c1-2-9-27-13-19-20-18(26(24-23-20)12-14-3-4-14)7-8-25(19)11-15-5-6-16(21)17(22)10-15/h2,5-6,10,14,19H,1,3-4,7-9,11-13H2. The van der Waals surface area contributed by atoms with Gasteiger partial charge in [0.05, 0.1) is 24.9 Å². The van der Waals surface area contributed by atoms with E-state index in [2.05, 4.69) is 21.8 Å². The van der Waals surface area contributed by atoms with Gasteiger partial charge in [-0.15, -0.1) is 11.7 Å². The number of halogens is 2. The Hall–Kier alpha value is -2.12. The Morgan fingerprint density at radius 3 is 2.85 bits per heavy atom. The molecule has 7 heteroatoms. The lowest BCUT2D eigenvalue weighted by molar-refractivity contribution is 0.0598. The monoisotopic (exact) mass is 374 g/mol. The van der Waals surface area contributed by atoms with Crippen LogP contribution in [0.1, 0.15) is 35.8 Å². The smallest absolute Gasteiger partial charge is 0.159 e. The van der Waals surface area contributed by atoms with Gasteiger partial charge in [0.2, 0.25) is 0 Å². The maximum absolute atomic E-state index is 13.6. The number of nitrogens with zero attached hydrogens (tertiary/aromatic N) is 4. The van der Waals surface area contributed by atoms with E-state index in [9.17, 15) is 8.78 Å². The number of hydrogen-bond donors (Lipinski definition) is 0. The normalized spacial score (nSPS) is 19.9. The molecule has 1 aliphatic carbocycles. The zero-order valence-electron chi connectivity index (χ0n) is 15.3. The first-order valence-electron chi connectivity index (χ1n) is 9.44. The molecule has 0 spiro atoms. The first-order valence-corrected chi connectivity index (χ1v) is 9.44. The molecule has 1 saturated carbocycles. The molecule has 1 aliphatic heterocycles. The molecule has 0 amide bonds. The summed E-state index contributed by atoms with van der Waals surface area (Å²) in [5, 5.41) is 8.83. The second-order valence-electron chi connectivity index (χ2n) is 7.36. The molecule has 0 saturated heterocycles. The molecular weight excluding hydrogens is 350 g/mol. The fourth-order valence-electron chi connectivity index (χ4n) is 3.64. The van der Waals surface area contributed by atoms with Crippen LogP contribution in [0.5, 0.6) is 0 Å². The highest BCUT2D eigenvalue weighted by Gasteiger charge is 2.33. The average Bonchev–Trinajstić information content (AvgIpc) is 3.38. The molecule has 0 radical (unpaired) electrons. The van der Waals surface area contributed by atoms with Gasteiger partial charge in [0.1, 0.15) is 5.69 Å². The predicted octanol–water partition coefficient (Wildman–Crippen LogP) is 3.27. The molecule has 2 aliphatic rings. The third-order valence-corrected chi connectivity index (χ3v) is 5.27. The zero-order valence-corrected chi connectivity index (χ0v) is 15.3. The van der Waals surface area contributed by atoms with Crippen molar-refractivity contribution in [3.8, 4) is 0 Å². The Labute approximate surface area is 157 Å². The molecule has 2 aromatic rings. The van der Waals surface area contributed by atoms with E-state index in [1.807, 2.05) is 4.68 Å². The lowest BCUT2D eigenvalue weighted by Crippen LogP contribution is -2.38. The molecule has 0 N–H and O–H groups in total. The molecule has 4 rings (SSSR count). The van der Waals surface area contributed by atoms with Crippen molar-refractivity contribution in [3.63, 3.8) is 0 Å². The number of rotatable bonds is 8. The van der Waals surface area contributed by atoms with E-state index in [4.69, 9.17) is 4.74 Å². The summed E-state index contributed by atoms with van der Waals surface area (Å²) in [6.07, 6.45) is 5.09. The van der Waals surface area contributed by atoms with E-state index >= 15 is 0 Å². The highest BCUT2D eigenvalue weighted by molar-refractivity contribution is 5.22. The Kier molecular flexibility index (Phi) is 5.31. The summed E-state index contributed by atoms with van der Waals surface area (Å²) in [5.41, 5.74) is 2.85. The first-order chi connectivity index (χ1) is 13.2. The molecule has 144 valence electrons. The van der Waals surface area contributed by atoms with E-state index in [-0.39, 0.29) is 6.04 Å². The Morgan fingerprint density at radius 2 is 2.11 bits per heavy atom. The SMILES string of the molecule is C=CCOCC1c2nnn(CC3CC3)c2CCN1Cc1ccc(F)c(F)c1. The summed E-state index contributed by atoms with van der Waals surface area (Å²) >= 11 is 0. The van der Waals surface area contributed by atoms with Crippen LogP contribution in [0.2, 0.25) is 0 Å². The summed E-state index contributed by atoms with van der Waals surface area (Å²) in [6.45, 7) is 6.85. The van der Waals surface area contributed by atoms with Crippen LogP contribution in [0, 0.1) is 17.6 Å². The topological polar surface area (TPSA) is 43.2 Å². The van der Waals surface area contributed by atoms with E-state index in [0.717, 1.165) is 36.7 Å². The van der Waals surface area contributed by atoms with Crippen LogP contribution < -0.4 is 0 Å². The fraction of sp³-hybridized carbons (Fsp3) is 0.500. The van der Waals surface area contributed by atoms with Crippen LogP contribution in [0.4, 0.5) is 8.78 Å². The number of aromatic nitrogens is 3. The largest absolute Gasteiger partial charge is 0.375 e. The minimum atomic E-state index is -0.825. The first kappa shape index (κ1) is 18.3. The van der Waals surface area contributed by atoms with Crippen molar-refractivity contribution in [2.75, 3.05) is 19.8 Å². The van der Waals surface area contributed by atoms with Crippen LogP contribution in [-0.4, -0.2) is 39.7 Å². The van der Waals surface area contributed by atoms with Crippen LogP contribution in [0.15, 0.2) is 30.9 Å². The maximum atomic E-state index is 13.6. The number of ether oxygens (including phenoxy) is 1. The molecular formula is C20H24F2N4O. The van der Waals surface area contributed by atoms with Crippen molar-refractivity contribution in [1.29, 1.82) is 0 Å². The van der Waals surface area contributed by atoms with E-state index < -0.39 is 11.6 Å². The van der Waals surface area contributed by atoms with Crippen molar-refractivity contribution < 1.29 is 13.5 Å². The zero-order chi connectivity index (χ0) is 18.8. The molecule has 1 atom stereocenters. The summed E-state index contributed by atoms with van der Waals surface area (Å²) in [7, 11) is 0. The summed E-state index contributed by atoms with van der Waals surface area (Å²) in [6, 6.07) is 4.00. The minimum absolute atomic E-state index is 0.0604. The molecule has 5 nitrogen and oxygen atoms in total. The average molecular weight is 374 g/mol. The third kappa shape index (κ3) is 4.09. The van der Waals surface area contributed by atoms with Gasteiger partial charge in [-0.05, 0) is 36.5 Å². The highest BCUT2D eigenvalue weighted by atomic mass is 19.2. The quantitative estimate of drug-likeness (QED) is 0.525. The summed E-state index contributed by atoms with van der Waals surface area (Å²) < 4.78 is 34.6. The van der Waals surface area contributed by atoms with Crippen molar-refractivity contribution in [1.82, 2.24) is 19.9 Å². The van der Waals surface area contributed by atoms with Crippen LogP contribution in [0.3, 0.4) is 0 Å². The molecule has 2 heterocycles. The second kappa shape index (κ2) is 7.86. The molecule has 1 aromatic carbocycles. The van der Waals surface area contributed by atoms with Crippen molar-refractivity contribution >= 4 is 0 Å². The Bertz CT molecular complexity index is 818. The van der Waals surface area contributed by atoms with Crippen molar-refractivity contribution in [2.24, 2.45) is 5.92 Å². The number of fused-ring (bicyclic) bond motifs is 1. The second-order valence-corrected chi connectivity index (χ2v) is 7.36. The van der Waals surface area contributed by atoms with E-state index in [1.54, 1.807) is 12.1 Å². The lowest BCUT2D eigenvalue weighted by Gasteiger charge is -2.34. The maximum Gasteiger partial charge on any atom is 0.159 e. The predicted molar refractivity (Wildman–Crippen MR) is 97.0 cm³/mol. The molecule has 0 bridgehead atoms. The summed E-state index contributed by atoms with van der Waals surface area (Å²) in [4.78, 5) is 2.20. The van der Waals surface area contributed by atoms with Crippen LogP contribution >= 0.6 is 0 Å². The van der Waals surface area contributed by atoms with E-state index in [1.165, 1.54) is 30.7 Å². The van der Waals surface area contributed by atoms with Gasteiger partial charge in [-0.1, -0.05) is 17.4 Å². The molecule has 1 unspecified atom stereocenters. The fourth-order valence-corrected chi connectivity index (χ4v) is 3.64. The van der Waals surface area contributed by atoms with Gasteiger partial charge >= 0.3 is 0 Å². The molecule has 1 fully saturated rings. The lowest BCUT2D eigenvalue weighted by atomic mass is 10.0. The highest BCUT2D eigenvalue weighted by Crippen LogP contribution is 2.34. The van der Waals surface area contributed by atoms with Crippen molar-refractivity contribution in [3.05, 3.63) is 59.4 Å². The van der Waals surface area contributed by atoms with Gasteiger partial charge in [-0.2, -0.15) is 0 Å². The van der Waals surface area contributed by atoms with Gasteiger partial charge in [-0.3, -0.25) is 4.90 Å². The van der Waals surface area contributed by atoms with Gasteiger partial charge in [-0.25, -0.2) is 13.5 Å². The van der Waals surface area contributed by atoms with Crippen molar-refractivity contribution in [2.45, 2.75) is 38.4 Å². The summed E-state index contributed by atoms with van der Waals surface area (Å²) in [5.74, 6) is -0.917. The third-order valence-electron chi connectivity index (χ3n) is 5.27. The Balaban J connectivity index is 1.55. The molecule has 1 aromatic heterocycles. The minimum Gasteiger partial charge on any atom is -0.375 e. The molecule has 27 heavy (non-hydrogen) atoms. The van der Waals surface area contributed by atoms with Gasteiger partial charge in [0, 0.05) is 26.1 Å². The van der Waals surface area contributed by atoms with Gasteiger partial charge < -0.3 is 4.74 Å². The number of benzene rings is 1. The van der Waals surface area contributed by atoms with Crippen LogP contribution in [-0.2, 0) is 24.2 Å².